The Kier molecular flexibility index (Phi) is 3.22. The van der Waals surface area contributed by atoms with Crippen molar-refractivity contribution in [3.05, 3.63) is 54.6 Å². The van der Waals surface area contributed by atoms with Gasteiger partial charge in [-0.05, 0) is 22.2 Å². The number of hydrogen-bond acceptors (Lipinski definition) is 2. The summed E-state index contributed by atoms with van der Waals surface area (Å²) < 4.78 is 16.2. The molecule has 0 amide bonds. The quantitative estimate of drug-likeness (QED) is 0.571. The molecule has 0 radical (unpaired) electrons. The Balaban J connectivity index is 2.15. The second kappa shape index (κ2) is 4.91. The standard InChI is InChI=1S/C15H13O4P/c16-20(17,18)10-19-15-7-3-6-13-12-5-2-1-4-11(12)8-9-14(13)15/h1-9H,10H2,(H2,16,17,18). The SMILES string of the molecule is O=P(O)(O)COc1cccc2c1ccc1ccccc12. The van der Waals surface area contributed by atoms with E-state index < -0.39 is 13.9 Å². The second-order valence-corrected chi connectivity index (χ2v) is 6.16. The molecule has 4 nitrogen and oxygen atoms in total. The first kappa shape index (κ1) is 13.1. The molecule has 0 bridgehead atoms. The lowest BCUT2D eigenvalue weighted by molar-refractivity contribution is 0.302. The molecule has 3 rings (SSSR count). The van der Waals surface area contributed by atoms with Crippen molar-refractivity contribution in [1.82, 2.24) is 0 Å². The van der Waals surface area contributed by atoms with E-state index in [2.05, 4.69) is 0 Å². The van der Waals surface area contributed by atoms with Gasteiger partial charge in [-0.15, -0.1) is 0 Å². The highest BCUT2D eigenvalue weighted by Crippen LogP contribution is 2.37. The van der Waals surface area contributed by atoms with Crippen molar-refractivity contribution in [3.63, 3.8) is 0 Å². The summed E-state index contributed by atoms with van der Waals surface area (Å²) in [5.74, 6) is 0.483. The predicted molar refractivity (Wildman–Crippen MR) is 79.0 cm³/mol. The monoisotopic (exact) mass is 288 g/mol. The Hall–Kier alpha value is -1.87. The Morgan fingerprint density at radius 2 is 1.60 bits per heavy atom. The van der Waals surface area contributed by atoms with Gasteiger partial charge in [-0.1, -0.05) is 48.5 Å². The molecule has 0 saturated heterocycles. The molecule has 0 aliphatic heterocycles. The fourth-order valence-electron chi connectivity index (χ4n) is 2.29. The van der Waals surface area contributed by atoms with Gasteiger partial charge in [0, 0.05) is 5.39 Å². The minimum Gasteiger partial charge on any atom is -0.480 e. The second-order valence-electron chi connectivity index (χ2n) is 4.58. The summed E-state index contributed by atoms with van der Waals surface area (Å²) in [6.07, 6.45) is -0.612. The maximum absolute atomic E-state index is 10.9. The van der Waals surface area contributed by atoms with Crippen LogP contribution in [0, 0.1) is 0 Å². The molecule has 0 atom stereocenters. The molecule has 0 heterocycles. The van der Waals surface area contributed by atoms with Crippen LogP contribution < -0.4 is 4.74 Å². The van der Waals surface area contributed by atoms with Gasteiger partial charge in [-0.2, -0.15) is 0 Å². The van der Waals surface area contributed by atoms with E-state index in [9.17, 15) is 4.57 Å². The summed E-state index contributed by atoms with van der Waals surface area (Å²) in [5.41, 5.74) is 0. The van der Waals surface area contributed by atoms with E-state index in [4.69, 9.17) is 14.5 Å². The first-order valence-corrected chi connectivity index (χ1v) is 7.92. The lowest BCUT2D eigenvalue weighted by Crippen LogP contribution is -1.98. The number of ether oxygens (including phenoxy) is 1. The largest absolute Gasteiger partial charge is 0.480 e. The van der Waals surface area contributed by atoms with Crippen LogP contribution in [0.1, 0.15) is 0 Å². The van der Waals surface area contributed by atoms with Crippen LogP contribution in [0.15, 0.2) is 54.6 Å². The van der Waals surface area contributed by atoms with E-state index in [0.717, 1.165) is 21.5 Å². The molecule has 2 N–H and O–H groups in total. The zero-order valence-electron chi connectivity index (χ0n) is 10.6. The maximum atomic E-state index is 10.9. The van der Waals surface area contributed by atoms with Gasteiger partial charge >= 0.3 is 7.60 Å². The third kappa shape index (κ3) is 2.54. The zero-order valence-corrected chi connectivity index (χ0v) is 11.5. The fourth-order valence-corrected chi connectivity index (χ4v) is 2.60. The first-order chi connectivity index (χ1) is 9.54. The van der Waals surface area contributed by atoms with Gasteiger partial charge in [0.2, 0.25) is 0 Å². The van der Waals surface area contributed by atoms with E-state index in [1.54, 1.807) is 6.07 Å². The molecule has 0 spiro atoms. The molecular weight excluding hydrogens is 275 g/mol. The molecule has 0 fully saturated rings. The topological polar surface area (TPSA) is 66.8 Å². The molecule has 102 valence electrons. The number of fused-ring (bicyclic) bond motifs is 3. The number of rotatable bonds is 3. The van der Waals surface area contributed by atoms with Crippen LogP contribution in [0.25, 0.3) is 21.5 Å². The Bertz CT molecular complexity index is 822. The van der Waals surface area contributed by atoms with Crippen LogP contribution in [-0.2, 0) is 4.57 Å². The summed E-state index contributed by atoms with van der Waals surface area (Å²) in [4.78, 5) is 17.8. The minimum absolute atomic E-state index is 0.483. The molecule has 0 unspecified atom stereocenters. The van der Waals surface area contributed by atoms with Crippen molar-refractivity contribution in [3.8, 4) is 5.75 Å². The van der Waals surface area contributed by atoms with Gasteiger partial charge in [0.1, 0.15) is 5.75 Å². The molecule has 5 heteroatoms. The molecule has 0 aliphatic rings. The minimum atomic E-state index is -4.18. The lowest BCUT2D eigenvalue weighted by atomic mass is 10.0. The van der Waals surface area contributed by atoms with E-state index in [0.29, 0.717) is 5.75 Å². The van der Waals surface area contributed by atoms with Crippen molar-refractivity contribution in [2.45, 2.75) is 0 Å². The van der Waals surface area contributed by atoms with Gasteiger partial charge in [-0.25, -0.2) is 0 Å². The van der Waals surface area contributed by atoms with E-state index in [-0.39, 0.29) is 0 Å². The Morgan fingerprint density at radius 1 is 0.850 bits per heavy atom. The van der Waals surface area contributed by atoms with Crippen molar-refractivity contribution >= 4 is 29.1 Å². The molecule has 20 heavy (non-hydrogen) atoms. The summed E-state index contributed by atoms with van der Waals surface area (Å²) in [6, 6.07) is 17.4. The third-order valence-corrected chi connectivity index (χ3v) is 3.60. The first-order valence-electron chi connectivity index (χ1n) is 6.12. The van der Waals surface area contributed by atoms with Crippen LogP contribution in [0.4, 0.5) is 0 Å². The van der Waals surface area contributed by atoms with E-state index in [1.807, 2.05) is 48.5 Å². The molecule has 3 aromatic rings. The van der Waals surface area contributed by atoms with Crippen molar-refractivity contribution < 1.29 is 19.1 Å². The smallest absolute Gasteiger partial charge is 0.362 e. The van der Waals surface area contributed by atoms with Crippen molar-refractivity contribution in [1.29, 1.82) is 0 Å². The fraction of sp³-hybridized carbons (Fsp3) is 0.0667. The van der Waals surface area contributed by atoms with Gasteiger partial charge in [0.15, 0.2) is 6.35 Å². The molecule has 0 saturated carbocycles. The zero-order chi connectivity index (χ0) is 14.2. The van der Waals surface area contributed by atoms with Crippen molar-refractivity contribution in [2.75, 3.05) is 6.35 Å². The highest BCUT2D eigenvalue weighted by Gasteiger charge is 2.15. The van der Waals surface area contributed by atoms with Crippen molar-refractivity contribution in [2.24, 2.45) is 0 Å². The highest BCUT2D eigenvalue weighted by atomic mass is 31.2. The lowest BCUT2D eigenvalue weighted by Gasteiger charge is -2.11. The molecule has 0 aliphatic carbocycles. The van der Waals surface area contributed by atoms with Gasteiger partial charge in [0.25, 0.3) is 0 Å². The normalized spacial score (nSPS) is 11.9. The molecule has 0 aromatic heterocycles. The summed E-state index contributed by atoms with van der Waals surface area (Å²) in [6.45, 7) is 0. The number of benzene rings is 3. The summed E-state index contributed by atoms with van der Waals surface area (Å²) in [5, 5.41) is 4.06. The van der Waals surface area contributed by atoms with Gasteiger partial charge in [0.05, 0.1) is 0 Å². The van der Waals surface area contributed by atoms with Gasteiger partial charge in [-0.3, -0.25) is 4.57 Å². The van der Waals surface area contributed by atoms with Crippen LogP contribution in [0.2, 0.25) is 0 Å². The predicted octanol–water partition coefficient (Wildman–Crippen LogP) is 3.51. The van der Waals surface area contributed by atoms with E-state index in [1.165, 1.54) is 0 Å². The van der Waals surface area contributed by atoms with E-state index >= 15 is 0 Å². The molecule has 3 aromatic carbocycles. The van der Waals surface area contributed by atoms with Gasteiger partial charge < -0.3 is 14.5 Å². The maximum Gasteiger partial charge on any atom is 0.362 e. The Labute approximate surface area is 115 Å². The molecular formula is C15H13O4P. The Morgan fingerprint density at radius 3 is 2.40 bits per heavy atom. The van der Waals surface area contributed by atoms with Crippen LogP contribution in [-0.4, -0.2) is 16.1 Å². The average Bonchev–Trinajstić information content (AvgIpc) is 2.44. The summed E-state index contributed by atoms with van der Waals surface area (Å²) >= 11 is 0. The number of hydrogen-bond donors (Lipinski definition) is 2. The highest BCUT2D eigenvalue weighted by molar-refractivity contribution is 7.51. The summed E-state index contributed by atoms with van der Waals surface area (Å²) in [7, 11) is -4.18. The average molecular weight is 288 g/mol. The van der Waals surface area contributed by atoms with Crippen LogP contribution >= 0.6 is 7.60 Å². The van der Waals surface area contributed by atoms with Crippen LogP contribution in [0.3, 0.4) is 0 Å². The van der Waals surface area contributed by atoms with Crippen LogP contribution in [0.5, 0.6) is 5.75 Å². The third-order valence-electron chi connectivity index (χ3n) is 3.13.